The van der Waals surface area contributed by atoms with Crippen LogP contribution >= 0.6 is 11.6 Å². The number of nitrogens with one attached hydrogen (secondary N) is 2. The normalized spacial score (nSPS) is 16.5. The molecule has 0 spiro atoms. The summed E-state index contributed by atoms with van der Waals surface area (Å²) >= 11 is 6.21. The summed E-state index contributed by atoms with van der Waals surface area (Å²) in [6, 6.07) is 4.56. The van der Waals surface area contributed by atoms with E-state index < -0.39 is 15.9 Å². The zero-order valence-corrected chi connectivity index (χ0v) is 16.8. The summed E-state index contributed by atoms with van der Waals surface area (Å²) in [4.78, 5) is 16.8. The number of nitrogens with zero attached hydrogens (tertiary/aromatic N) is 3. The van der Waals surface area contributed by atoms with E-state index in [4.69, 9.17) is 11.6 Å². The van der Waals surface area contributed by atoms with Crippen LogP contribution in [0.3, 0.4) is 0 Å². The average Bonchev–Trinajstić information content (AvgIpc) is 3.01. The highest BCUT2D eigenvalue weighted by atomic mass is 35.5. The highest BCUT2D eigenvalue weighted by molar-refractivity contribution is 7.92. The second-order valence-corrected chi connectivity index (χ2v) is 9.34. The standard InChI is InChI=1S/C17H22ClN5O3S/c1-11(2)9-15-19-17(22-21-15)20-16(24)12-5-6-13(18)14(10-12)23-7-3-4-8-27(23,25)26/h5-6,10-11H,3-4,7-9H2,1-2H3,(H2,19,20,21,22,24). The summed E-state index contributed by atoms with van der Waals surface area (Å²) < 4.78 is 26.0. The van der Waals surface area contributed by atoms with Gasteiger partial charge in [-0.25, -0.2) is 8.42 Å². The molecule has 1 aromatic carbocycles. The van der Waals surface area contributed by atoms with E-state index in [1.54, 1.807) is 6.07 Å². The molecule has 0 aliphatic carbocycles. The lowest BCUT2D eigenvalue weighted by Crippen LogP contribution is -2.38. The number of aromatic nitrogens is 3. The van der Waals surface area contributed by atoms with Crippen molar-refractivity contribution in [3.05, 3.63) is 34.6 Å². The number of anilines is 2. The molecule has 10 heteroatoms. The molecule has 8 nitrogen and oxygen atoms in total. The fourth-order valence-corrected chi connectivity index (χ4v) is 4.82. The van der Waals surface area contributed by atoms with Crippen molar-refractivity contribution in [2.24, 2.45) is 5.92 Å². The van der Waals surface area contributed by atoms with Crippen molar-refractivity contribution in [1.82, 2.24) is 15.2 Å². The van der Waals surface area contributed by atoms with Crippen LogP contribution in [0.5, 0.6) is 0 Å². The highest BCUT2D eigenvalue weighted by Crippen LogP contribution is 2.31. The van der Waals surface area contributed by atoms with Gasteiger partial charge in [-0.3, -0.25) is 19.5 Å². The minimum Gasteiger partial charge on any atom is -0.289 e. The number of hydrogen-bond donors (Lipinski definition) is 2. The third-order valence-electron chi connectivity index (χ3n) is 4.18. The topological polar surface area (TPSA) is 108 Å². The number of hydrogen-bond acceptors (Lipinski definition) is 5. The van der Waals surface area contributed by atoms with Gasteiger partial charge in [0.1, 0.15) is 5.82 Å². The molecule has 1 aromatic heterocycles. The quantitative estimate of drug-likeness (QED) is 0.786. The Hall–Kier alpha value is -2.13. The summed E-state index contributed by atoms with van der Waals surface area (Å²) in [7, 11) is -3.42. The summed E-state index contributed by atoms with van der Waals surface area (Å²) in [6.07, 6.45) is 2.10. The fourth-order valence-electron chi connectivity index (χ4n) is 2.91. The number of halogens is 1. The van der Waals surface area contributed by atoms with Gasteiger partial charge >= 0.3 is 0 Å². The van der Waals surface area contributed by atoms with Crippen molar-refractivity contribution in [3.8, 4) is 0 Å². The van der Waals surface area contributed by atoms with Crippen molar-refractivity contribution < 1.29 is 13.2 Å². The SMILES string of the molecule is CC(C)Cc1nc(NC(=O)c2ccc(Cl)c(N3CCCCS3(=O)=O)c2)n[nH]1. The molecule has 1 fully saturated rings. The molecule has 0 atom stereocenters. The van der Waals surface area contributed by atoms with Crippen molar-refractivity contribution in [2.45, 2.75) is 33.1 Å². The minimum absolute atomic E-state index is 0.0789. The molecule has 2 aromatic rings. The number of benzene rings is 1. The summed E-state index contributed by atoms with van der Waals surface area (Å²) in [6.45, 7) is 4.47. The summed E-state index contributed by atoms with van der Waals surface area (Å²) in [5.74, 6) is 0.925. The highest BCUT2D eigenvalue weighted by Gasteiger charge is 2.28. The van der Waals surface area contributed by atoms with E-state index in [0.29, 0.717) is 30.4 Å². The van der Waals surface area contributed by atoms with E-state index in [9.17, 15) is 13.2 Å². The van der Waals surface area contributed by atoms with Gasteiger partial charge < -0.3 is 0 Å². The van der Waals surface area contributed by atoms with Crippen molar-refractivity contribution in [1.29, 1.82) is 0 Å². The first-order valence-corrected chi connectivity index (χ1v) is 10.8. The van der Waals surface area contributed by atoms with Gasteiger partial charge in [0.25, 0.3) is 5.91 Å². The van der Waals surface area contributed by atoms with Crippen LogP contribution in [-0.4, -0.2) is 41.8 Å². The van der Waals surface area contributed by atoms with E-state index >= 15 is 0 Å². The predicted octanol–water partition coefficient (Wildman–Crippen LogP) is 2.84. The Morgan fingerprint density at radius 2 is 2.15 bits per heavy atom. The van der Waals surface area contributed by atoms with Gasteiger partial charge in [0.15, 0.2) is 0 Å². The lowest BCUT2D eigenvalue weighted by molar-refractivity contribution is 0.102. The molecule has 27 heavy (non-hydrogen) atoms. The maximum atomic E-state index is 12.5. The molecule has 2 heterocycles. The molecular weight excluding hydrogens is 390 g/mol. The summed E-state index contributed by atoms with van der Waals surface area (Å²) in [5, 5.41) is 9.68. The Balaban J connectivity index is 1.81. The largest absolute Gasteiger partial charge is 0.289 e. The molecule has 1 amide bonds. The maximum absolute atomic E-state index is 12.5. The number of sulfonamides is 1. The van der Waals surface area contributed by atoms with Crippen LogP contribution in [0.15, 0.2) is 18.2 Å². The number of rotatable bonds is 5. The molecule has 3 rings (SSSR count). The number of H-pyrrole nitrogens is 1. The van der Waals surface area contributed by atoms with Gasteiger partial charge in [0, 0.05) is 18.5 Å². The molecule has 1 aliphatic heterocycles. The van der Waals surface area contributed by atoms with Gasteiger partial charge in [-0.15, -0.1) is 5.10 Å². The third-order valence-corrected chi connectivity index (χ3v) is 6.36. The lowest BCUT2D eigenvalue weighted by atomic mass is 10.1. The molecule has 0 radical (unpaired) electrons. The molecule has 2 N–H and O–H groups in total. The van der Waals surface area contributed by atoms with Crippen LogP contribution in [-0.2, 0) is 16.4 Å². The zero-order chi connectivity index (χ0) is 19.6. The lowest BCUT2D eigenvalue weighted by Gasteiger charge is -2.29. The van der Waals surface area contributed by atoms with E-state index in [1.807, 2.05) is 0 Å². The van der Waals surface area contributed by atoms with Crippen molar-refractivity contribution in [3.63, 3.8) is 0 Å². The summed E-state index contributed by atoms with van der Waals surface area (Å²) in [5.41, 5.74) is 0.602. The fraction of sp³-hybridized carbons (Fsp3) is 0.471. The molecule has 0 unspecified atom stereocenters. The maximum Gasteiger partial charge on any atom is 0.258 e. The molecular formula is C17H22ClN5O3S. The van der Waals surface area contributed by atoms with Crippen LogP contribution in [0, 0.1) is 5.92 Å². The van der Waals surface area contributed by atoms with Gasteiger partial charge in [-0.1, -0.05) is 25.4 Å². The van der Waals surface area contributed by atoms with Gasteiger partial charge in [0.2, 0.25) is 16.0 Å². The van der Waals surface area contributed by atoms with Crippen LogP contribution in [0.1, 0.15) is 42.9 Å². The number of carbonyl (C=O) groups excluding carboxylic acids is 1. The molecule has 1 saturated heterocycles. The van der Waals surface area contributed by atoms with Crippen molar-refractivity contribution in [2.75, 3.05) is 21.9 Å². The zero-order valence-electron chi connectivity index (χ0n) is 15.2. The third kappa shape index (κ3) is 4.59. The van der Waals surface area contributed by atoms with Gasteiger partial charge in [0.05, 0.1) is 16.5 Å². The Kier molecular flexibility index (Phi) is 5.71. The van der Waals surface area contributed by atoms with E-state index in [2.05, 4.69) is 34.3 Å². The monoisotopic (exact) mass is 411 g/mol. The first-order chi connectivity index (χ1) is 12.8. The van der Waals surface area contributed by atoms with E-state index in [0.717, 1.165) is 12.8 Å². The van der Waals surface area contributed by atoms with E-state index in [1.165, 1.54) is 16.4 Å². The van der Waals surface area contributed by atoms with Crippen LogP contribution in [0.25, 0.3) is 0 Å². The first kappa shape index (κ1) is 19.6. The average molecular weight is 412 g/mol. The van der Waals surface area contributed by atoms with Gasteiger partial charge in [-0.2, -0.15) is 4.98 Å². The Labute approximate surface area is 163 Å². The predicted molar refractivity (Wildman–Crippen MR) is 105 cm³/mol. The Bertz CT molecular complexity index is 942. The second kappa shape index (κ2) is 7.85. The van der Waals surface area contributed by atoms with E-state index in [-0.39, 0.29) is 22.3 Å². The van der Waals surface area contributed by atoms with Crippen LogP contribution in [0.4, 0.5) is 11.6 Å². The van der Waals surface area contributed by atoms with Crippen LogP contribution < -0.4 is 9.62 Å². The Morgan fingerprint density at radius 1 is 1.37 bits per heavy atom. The van der Waals surface area contributed by atoms with Gasteiger partial charge in [-0.05, 0) is 37.0 Å². The van der Waals surface area contributed by atoms with Crippen LogP contribution in [0.2, 0.25) is 5.02 Å². The minimum atomic E-state index is -3.42. The number of aromatic amines is 1. The molecule has 0 saturated carbocycles. The second-order valence-electron chi connectivity index (χ2n) is 6.92. The number of carbonyl (C=O) groups is 1. The molecule has 1 aliphatic rings. The number of amides is 1. The molecule has 146 valence electrons. The molecule has 0 bridgehead atoms. The van der Waals surface area contributed by atoms with Crippen molar-refractivity contribution >= 4 is 39.2 Å². The Morgan fingerprint density at radius 3 is 2.85 bits per heavy atom. The smallest absolute Gasteiger partial charge is 0.258 e. The first-order valence-electron chi connectivity index (χ1n) is 8.79.